The smallest absolute Gasteiger partial charge is 0.234 e. The van der Waals surface area contributed by atoms with Gasteiger partial charge in [0.15, 0.2) is 5.17 Å². The van der Waals surface area contributed by atoms with Gasteiger partial charge in [0.1, 0.15) is 5.82 Å². The summed E-state index contributed by atoms with van der Waals surface area (Å²) in [4.78, 5) is 11.4. The molecule has 1 aromatic carbocycles. The topological polar surface area (TPSA) is 93.5 Å². The van der Waals surface area contributed by atoms with E-state index in [1.54, 1.807) is 0 Å². The van der Waals surface area contributed by atoms with Crippen molar-refractivity contribution < 1.29 is 9.18 Å². The van der Waals surface area contributed by atoms with Gasteiger partial charge in [0, 0.05) is 5.02 Å². The summed E-state index contributed by atoms with van der Waals surface area (Å²) >= 11 is 6.53. The third-order valence-corrected chi connectivity index (χ3v) is 2.73. The molecule has 17 heavy (non-hydrogen) atoms. The second-order valence-electron chi connectivity index (χ2n) is 2.93. The molecule has 0 aliphatic heterocycles. The minimum atomic E-state index is -0.601. The number of amidine groups is 1. The van der Waals surface area contributed by atoms with E-state index in [1.807, 2.05) is 0 Å². The van der Waals surface area contributed by atoms with Crippen molar-refractivity contribution in [3.05, 3.63) is 29.0 Å². The van der Waals surface area contributed by atoms with E-state index in [4.69, 9.17) is 23.2 Å². The first-order valence-corrected chi connectivity index (χ1v) is 5.80. The van der Waals surface area contributed by atoms with Gasteiger partial charge >= 0.3 is 0 Å². The molecule has 0 unspecified atom stereocenters. The quantitative estimate of drug-likeness (QED) is 0.336. The summed E-state index contributed by atoms with van der Waals surface area (Å²) in [5.41, 5.74) is 5.34. The largest absolute Gasteiger partial charge is 0.377 e. The number of thioether (sulfide) groups is 1. The summed E-state index contributed by atoms with van der Waals surface area (Å²) in [5, 5.41) is 5.89. The van der Waals surface area contributed by atoms with Crippen molar-refractivity contribution in [1.82, 2.24) is 0 Å². The summed E-state index contributed by atoms with van der Waals surface area (Å²) in [6.07, 6.45) is 0. The molecule has 0 aromatic heterocycles. The van der Waals surface area contributed by atoms with Gasteiger partial charge in [-0.25, -0.2) is 4.39 Å². The highest BCUT2D eigenvalue weighted by molar-refractivity contribution is 8.14. The lowest BCUT2D eigenvalue weighted by Crippen LogP contribution is -2.19. The van der Waals surface area contributed by atoms with E-state index in [0.717, 1.165) is 17.8 Å². The standard InChI is InChI=1S/C9H10ClFN4OS/c10-5-1-2-7(6(11)3-5)14-8(16)4-17-9(12)15-13/h1-3H,4,13H2,(H2,12,15)(H,14,16). The van der Waals surface area contributed by atoms with Gasteiger partial charge in [0.25, 0.3) is 0 Å². The van der Waals surface area contributed by atoms with Crippen LogP contribution in [0.25, 0.3) is 0 Å². The second kappa shape index (κ2) is 6.31. The molecular weight excluding hydrogens is 267 g/mol. The Morgan fingerprint density at radius 3 is 2.88 bits per heavy atom. The van der Waals surface area contributed by atoms with Crippen molar-refractivity contribution in [2.45, 2.75) is 0 Å². The number of amides is 1. The van der Waals surface area contributed by atoms with Crippen LogP contribution >= 0.6 is 23.4 Å². The number of hydrogen-bond donors (Lipinski definition) is 3. The van der Waals surface area contributed by atoms with E-state index in [-0.39, 0.29) is 21.6 Å². The maximum Gasteiger partial charge on any atom is 0.234 e. The molecule has 0 aliphatic carbocycles. The number of nitrogens with zero attached hydrogens (tertiary/aromatic N) is 1. The van der Waals surface area contributed by atoms with E-state index < -0.39 is 11.7 Å². The zero-order valence-electron chi connectivity index (χ0n) is 8.61. The Morgan fingerprint density at radius 1 is 1.59 bits per heavy atom. The predicted octanol–water partition coefficient (Wildman–Crippen LogP) is 1.34. The van der Waals surface area contributed by atoms with Gasteiger partial charge in [-0.2, -0.15) is 5.10 Å². The monoisotopic (exact) mass is 276 g/mol. The predicted molar refractivity (Wildman–Crippen MR) is 68.3 cm³/mol. The molecule has 5 N–H and O–H groups in total. The molecule has 0 aliphatic rings. The molecule has 0 saturated carbocycles. The van der Waals surface area contributed by atoms with E-state index in [9.17, 15) is 9.18 Å². The van der Waals surface area contributed by atoms with Crippen LogP contribution in [-0.2, 0) is 4.79 Å². The average Bonchev–Trinajstić information content (AvgIpc) is 2.29. The van der Waals surface area contributed by atoms with Crippen molar-refractivity contribution in [1.29, 1.82) is 0 Å². The highest BCUT2D eigenvalue weighted by Crippen LogP contribution is 2.19. The van der Waals surface area contributed by atoms with E-state index >= 15 is 0 Å². The van der Waals surface area contributed by atoms with Gasteiger partial charge in [-0.05, 0) is 18.2 Å². The molecule has 0 atom stereocenters. The first-order valence-electron chi connectivity index (χ1n) is 4.44. The molecule has 0 saturated heterocycles. The Labute approximate surface area is 106 Å². The maximum atomic E-state index is 13.3. The number of nitrogens with two attached hydrogens (primary N) is 2. The van der Waals surface area contributed by atoms with Crippen LogP contribution in [0.4, 0.5) is 10.1 Å². The van der Waals surface area contributed by atoms with Crippen molar-refractivity contribution in [2.24, 2.45) is 16.7 Å². The Hall–Kier alpha value is -1.47. The minimum Gasteiger partial charge on any atom is -0.377 e. The van der Waals surface area contributed by atoms with Gasteiger partial charge in [0.05, 0.1) is 11.4 Å². The molecular formula is C9H10ClFN4OS. The molecule has 0 fully saturated rings. The Kier molecular flexibility index (Phi) is 5.05. The fraction of sp³-hybridized carbons (Fsp3) is 0.111. The molecule has 5 nitrogen and oxygen atoms in total. The number of hydrogen-bond acceptors (Lipinski definition) is 4. The Balaban J connectivity index is 2.56. The second-order valence-corrected chi connectivity index (χ2v) is 4.36. The Bertz CT molecular complexity index is 455. The number of nitrogens with one attached hydrogen (secondary N) is 1. The van der Waals surface area contributed by atoms with E-state index in [0.29, 0.717) is 0 Å². The lowest BCUT2D eigenvalue weighted by Gasteiger charge is -2.06. The first kappa shape index (κ1) is 13.6. The van der Waals surface area contributed by atoms with Crippen LogP contribution < -0.4 is 16.9 Å². The number of anilines is 1. The van der Waals surface area contributed by atoms with Crippen molar-refractivity contribution in [2.75, 3.05) is 11.1 Å². The molecule has 8 heteroatoms. The summed E-state index contributed by atoms with van der Waals surface area (Å²) in [6, 6.07) is 3.96. The van der Waals surface area contributed by atoms with Crippen LogP contribution in [0.2, 0.25) is 5.02 Å². The number of hydrazone groups is 1. The number of rotatable bonds is 3. The number of carbonyl (C=O) groups is 1. The molecule has 1 amide bonds. The lowest BCUT2D eigenvalue weighted by molar-refractivity contribution is -0.113. The van der Waals surface area contributed by atoms with Crippen molar-refractivity contribution >= 4 is 40.1 Å². The molecule has 1 aromatic rings. The summed E-state index contributed by atoms with van der Waals surface area (Å²) in [7, 11) is 0. The summed E-state index contributed by atoms with van der Waals surface area (Å²) in [6.45, 7) is 0. The molecule has 0 radical (unpaired) electrons. The summed E-state index contributed by atoms with van der Waals surface area (Å²) < 4.78 is 13.3. The molecule has 0 bridgehead atoms. The number of carbonyl (C=O) groups excluding carboxylic acids is 1. The first-order chi connectivity index (χ1) is 8.02. The van der Waals surface area contributed by atoms with Crippen LogP contribution in [0.1, 0.15) is 0 Å². The average molecular weight is 277 g/mol. The minimum absolute atomic E-state index is 0.00536. The molecule has 0 heterocycles. The maximum absolute atomic E-state index is 13.3. The molecule has 0 spiro atoms. The third kappa shape index (κ3) is 4.49. The normalized spacial score (nSPS) is 11.3. The molecule has 1 rings (SSSR count). The fourth-order valence-corrected chi connectivity index (χ4v) is 1.54. The van der Waals surface area contributed by atoms with Gasteiger partial charge in [-0.1, -0.05) is 23.4 Å². The van der Waals surface area contributed by atoms with Crippen LogP contribution in [0.3, 0.4) is 0 Å². The van der Waals surface area contributed by atoms with Crippen LogP contribution in [-0.4, -0.2) is 16.8 Å². The number of benzene rings is 1. The zero-order chi connectivity index (χ0) is 12.8. The van der Waals surface area contributed by atoms with E-state index in [1.165, 1.54) is 12.1 Å². The lowest BCUT2D eigenvalue weighted by atomic mass is 10.3. The van der Waals surface area contributed by atoms with Gasteiger partial charge < -0.3 is 16.9 Å². The van der Waals surface area contributed by atoms with E-state index in [2.05, 4.69) is 10.4 Å². The highest BCUT2D eigenvalue weighted by Gasteiger charge is 2.08. The fourth-order valence-electron chi connectivity index (χ4n) is 0.954. The van der Waals surface area contributed by atoms with Crippen LogP contribution in [0.15, 0.2) is 23.3 Å². The van der Waals surface area contributed by atoms with Gasteiger partial charge in [-0.3, -0.25) is 4.79 Å². The highest BCUT2D eigenvalue weighted by atomic mass is 35.5. The van der Waals surface area contributed by atoms with Gasteiger partial charge in [0.2, 0.25) is 5.91 Å². The van der Waals surface area contributed by atoms with Gasteiger partial charge in [-0.15, -0.1) is 0 Å². The molecule has 92 valence electrons. The third-order valence-electron chi connectivity index (χ3n) is 1.68. The SMILES string of the molecule is NN=C(N)SCC(=O)Nc1ccc(Cl)cc1F. The Morgan fingerprint density at radius 2 is 2.29 bits per heavy atom. The van der Waals surface area contributed by atoms with Crippen LogP contribution in [0.5, 0.6) is 0 Å². The number of halogens is 2. The van der Waals surface area contributed by atoms with Crippen molar-refractivity contribution in [3.63, 3.8) is 0 Å². The van der Waals surface area contributed by atoms with Crippen molar-refractivity contribution in [3.8, 4) is 0 Å². The zero-order valence-corrected chi connectivity index (χ0v) is 10.2. The van der Waals surface area contributed by atoms with Crippen LogP contribution in [0, 0.1) is 5.82 Å². The summed E-state index contributed by atoms with van der Waals surface area (Å²) in [5.74, 6) is 3.87.